The highest BCUT2D eigenvalue weighted by Crippen LogP contribution is 2.23. The van der Waals surface area contributed by atoms with Crippen LogP contribution in [0.2, 0.25) is 0 Å². The second kappa shape index (κ2) is 4.25. The molecule has 0 fully saturated rings. The van der Waals surface area contributed by atoms with Gasteiger partial charge in [-0.25, -0.2) is 4.98 Å². The van der Waals surface area contributed by atoms with E-state index >= 15 is 0 Å². The van der Waals surface area contributed by atoms with Crippen LogP contribution in [0.3, 0.4) is 0 Å². The maximum absolute atomic E-state index is 9.08. The summed E-state index contributed by atoms with van der Waals surface area (Å²) in [5.41, 5.74) is 0.284. The first kappa shape index (κ1) is 11.4. The van der Waals surface area contributed by atoms with Gasteiger partial charge in [-0.3, -0.25) is 0 Å². The van der Waals surface area contributed by atoms with Crippen LogP contribution < -0.4 is 5.32 Å². The monoisotopic (exact) mass is 216 g/mol. The predicted octanol–water partition coefficient (Wildman–Crippen LogP) is 0.915. The summed E-state index contributed by atoms with van der Waals surface area (Å²) in [6, 6.07) is 0. The van der Waals surface area contributed by atoms with Crippen molar-refractivity contribution < 1.29 is 10.2 Å². The first-order valence-corrected chi connectivity index (χ1v) is 5.26. The zero-order chi connectivity index (χ0) is 10.8. The molecule has 0 saturated heterocycles. The van der Waals surface area contributed by atoms with Crippen molar-refractivity contribution in [1.82, 2.24) is 4.98 Å². The van der Waals surface area contributed by atoms with Gasteiger partial charge < -0.3 is 15.5 Å². The van der Waals surface area contributed by atoms with E-state index in [1.807, 2.05) is 13.8 Å². The number of aliphatic hydroxyl groups excluding tert-OH is 2. The lowest BCUT2D eigenvalue weighted by Gasteiger charge is -2.25. The van der Waals surface area contributed by atoms with Gasteiger partial charge >= 0.3 is 0 Å². The minimum Gasteiger partial charge on any atom is -0.394 e. The lowest BCUT2D eigenvalue weighted by Crippen LogP contribution is -2.42. The highest BCUT2D eigenvalue weighted by Gasteiger charge is 2.23. The van der Waals surface area contributed by atoms with Gasteiger partial charge in [0.1, 0.15) is 0 Å². The van der Waals surface area contributed by atoms with Crippen molar-refractivity contribution in [1.29, 1.82) is 0 Å². The molecule has 0 amide bonds. The Balaban J connectivity index is 2.77. The van der Waals surface area contributed by atoms with Crippen molar-refractivity contribution in [2.24, 2.45) is 0 Å². The van der Waals surface area contributed by atoms with Gasteiger partial charge in [0.25, 0.3) is 0 Å². The molecule has 80 valence electrons. The SMILES string of the molecule is Cc1nc(NC(C)(CO)CO)sc1C. The van der Waals surface area contributed by atoms with E-state index in [4.69, 9.17) is 10.2 Å². The zero-order valence-corrected chi connectivity index (χ0v) is 9.48. The number of hydrogen-bond acceptors (Lipinski definition) is 5. The van der Waals surface area contributed by atoms with Crippen LogP contribution >= 0.6 is 11.3 Å². The maximum Gasteiger partial charge on any atom is 0.183 e. The molecule has 1 heterocycles. The molecule has 0 radical (unpaired) electrons. The van der Waals surface area contributed by atoms with E-state index in [1.54, 1.807) is 6.92 Å². The van der Waals surface area contributed by atoms with Crippen molar-refractivity contribution in [2.75, 3.05) is 18.5 Å². The lowest BCUT2D eigenvalue weighted by atomic mass is 10.1. The fourth-order valence-electron chi connectivity index (χ4n) is 0.913. The van der Waals surface area contributed by atoms with Gasteiger partial charge in [-0.05, 0) is 20.8 Å². The van der Waals surface area contributed by atoms with Gasteiger partial charge in [-0.2, -0.15) is 0 Å². The Hall–Kier alpha value is -0.650. The summed E-state index contributed by atoms with van der Waals surface area (Å²) >= 11 is 1.53. The molecule has 0 bridgehead atoms. The van der Waals surface area contributed by atoms with E-state index in [0.717, 1.165) is 15.7 Å². The summed E-state index contributed by atoms with van der Waals surface area (Å²) in [7, 11) is 0. The molecule has 0 aliphatic rings. The van der Waals surface area contributed by atoms with E-state index in [1.165, 1.54) is 11.3 Å². The number of aryl methyl sites for hydroxylation is 2. The molecule has 1 aromatic heterocycles. The molecule has 1 rings (SSSR count). The van der Waals surface area contributed by atoms with Gasteiger partial charge in [0.15, 0.2) is 5.13 Å². The average molecular weight is 216 g/mol. The Morgan fingerprint density at radius 3 is 2.29 bits per heavy atom. The summed E-state index contributed by atoms with van der Waals surface area (Å²) in [5.74, 6) is 0. The topological polar surface area (TPSA) is 65.4 Å². The molecule has 5 heteroatoms. The molecule has 3 N–H and O–H groups in total. The zero-order valence-electron chi connectivity index (χ0n) is 8.66. The highest BCUT2D eigenvalue weighted by atomic mass is 32.1. The quantitative estimate of drug-likeness (QED) is 0.700. The Morgan fingerprint density at radius 2 is 1.93 bits per heavy atom. The van der Waals surface area contributed by atoms with Crippen LogP contribution in [0.25, 0.3) is 0 Å². The number of rotatable bonds is 4. The van der Waals surface area contributed by atoms with Crippen LogP contribution in [0.1, 0.15) is 17.5 Å². The van der Waals surface area contributed by atoms with Gasteiger partial charge in [0.05, 0.1) is 24.4 Å². The summed E-state index contributed by atoms with van der Waals surface area (Å²) in [4.78, 5) is 5.42. The molecule has 0 spiro atoms. The molecule has 4 nitrogen and oxygen atoms in total. The number of hydrogen-bond donors (Lipinski definition) is 3. The third-order valence-corrected chi connectivity index (χ3v) is 3.12. The van der Waals surface area contributed by atoms with Crippen LogP contribution in [0, 0.1) is 13.8 Å². The highest BCUT2D eigenvalue weighted by molar-refractivity contribution is 7.15. The number of nitrogens with zero attached hydrogens (tertiary/aromatic N) is 1. The van der Waals surface area contributed by atoms with E-state index < -0.39 is 5.54 Å². The minimum atomic E-state index is -0.698. The van der Waals surface area contributed by atoms with Crippen molar-refractivity contribution in [2.45, 2.75) is 26.3 Å². The smallest absolute Gasteiger partial charge is 0.183 e. The first-order chi connectivity index (χ1) is 6.50. The Morgan fingerprint density at radius 1 is 1.36 bits per heavy atom. The number of nitrogens with one attached hydrogen (secondary N) is 1. The van der Waals surface area contributed by atoms with Gasteiger partial charge in [0, 0.05) is 4.88 Å². The summed E-state index contributed by atoms with van der Waals surface area (Å²) in [5, 5.41) is 21.9. The first-order valence-electron chi connectivity index (χ1n) is 4.45. The lowest BCUT2D eigenvalue weighted by molar-refractivity contribution is 0.147. The molecule has 0 unspecified atom stereocenters. The fraction of sp³-hybridized carbons (Fsp3) is 0.667. The molecule has 0 saturated carbocycles. The maximum atomic E-state index is 9.08. The molecular formula is C9H16N2O2S. The third kappa shape index (κ3) is 2.43. The standard InChI is InChI=1S/C9H16N2O2S/c1-6-7(2)14-8(10-6)11-9(3,4-12)5-13/h12-13H,4-5H2,1-3H3,(H,10,11). The molecule has 0 aliphatic heterocycles. The van der Waals surface area contributed by atoms with Crippen LogP contribution in [0.15, 0.2) is 0 Å². The number of thiazole rings is 1. The summed E-state index contributed by atoms with van der Waals surface area (Å²) in [6.07, 6.45) is 0. The largest absolute Gasteiger partial charge is 0.394 e. The molecule has 1 aromatic rings. The summed E-state index contributed by atoms with van der Waals surface area (Å²) < 4.78 is 0. The van der Waals surface area contributed by atoms with E-state index in [-0.39, 0.29) is 13.2 Å². The summed E-state index contributed by atoms with van der Waals surface area (Å²) in [6.45, 7) is 5.43. The van der Waals surface area contributed by atoms with E-state index in [2.05, 4.69) is 10.3 Å². The second-order valence-electron chi connectivity index (χ2n) is 3.66. The van der Waals surface area contributed by atoms with E-state index in [0.29, 0.717) is 0 Å². The number of anilines is 1. The van der Waals surface area contributed by atoms with E-state index in [9.17, 15) is 0 Å². The predicted molar refractivity (Wildman–Crippen MR) is 57.8 cm³/mol. The minimum absolute atomic E-state index is 0.124. The van der Waals surface area contributed by atoms with Crippen LogP contribution in [-0.4, -0.2) is 33.9 Å². The fourth-order valence-corrected chi connectivity index (χ4v) is 1.88. The number of aliphatic hydroxyl groups is 2. The molecule has 0 atom stereocenters. The van der Waals surface area contributed by atoms with Gasteiger partial charge in [-0.1, -0.05) is 0 Å². The molecule has 14 heavy (non-hydrogen) atoms. The second-order valence-corrected chi connectivity index (χ2v) is 4.87. The Kier molecular flexibility index (Phi) is 3.47. The molecule has 0 aliphatic carbocycles. The van der Waals surface area contributed by atoms with Crippen molar-refractivity contribution in [3.05, 3.63) is 10.6 Å². The third-order valence-electron chi connectivity index (χ3n) is 2.14. The van der Waals surface area contributed by atoms with Crippen molar-refractivity contribution in [3.8, 4) is 0 Å². The van der Waals surface area contributed by atoms with Crippen LogP contribution in [0.4, 0.5) is 5.13 Å². The van der Waals surface area contributed by atoms with Gasteiger partial charge in [-0.15, -0.1) is 11.3 Å². The Labute approximate surface area is 87.6 Å². The van der Waals surface area contributed by atoms with Crippen molar-refractivity contribution in [3.63, 3.8) is 0 Å². The normalized spacial score (nSPS) is 11.8. The number of aromatic nitrogens is 1. The molecular weight excluding hydrogens is 200 g/mol. The van der Waals surface area contributed by atoms with Crippen LogP contribution in [-0.2, 0) is 0 Å². The molecule has 0 aromatic carbocycles. The Bertz CT molecular complexity index is 288. The van der Waals surface area contributed by atoms with Crippen LogP contribution in [0.5, 0.6) is 0 Å². The average Bonchev–Trinajstić information content (AvgIpc) is 2.45. The van der Waals surface area contributed by atoms with Crippen molar-refractivity contribution >= 4 is 16.5 Å². The van der Waals surface area contributed by atoms with Gasteiger partial charge in [0.2, 0.25) is 0 Å².